The fourth-order valence-electron chi connectivity index (χ4n) is 4.36. The Morgan fingerprint density at radius 2 is 1.87 bits per heavy atom. The summed E-state index contributed by atoms with van der Waals surface area (Å²) < 4.78 is 30.6. The van der Waals surface area contributed by atoms with Crippen molar-refractivity contribution in [2.45, 2.75) is 0 Å². The second kappa shape index (κ2) is 10.8. The molecule has 5 aromatic rings. The first-order valence-corrected chi connectivity index (χ1v) is 12.5. The van der Waals surface area contributed by atoms with Crippen LogP contribution in [0.4, 0.5) is 26.0 Å². The maximum absolute atomic E-state index is 14.8. The average molecular weight is 547 g/mol. The second-order valence-electron chi connectivity index (χ2n) is 9.31. The minimum absolute atomic E-state index is 0.0497. The van der Waals surface area contributed by atoms with Gasteiger partial charge >= 0.3 is 0 Å². The average Bonchev–Trinajstić information content (AvgIpc) is 3.28. The number of anilines is 3. The molecule has 0 unspecified atom stereocenters. The third-order valence-electron chi connectivity index (χ3n) is 6.27. The number of carbonyl (C=O) groups excluding carboxylic acids is 1. The molecule has 2 heterocycles. The SMILES string of the molecule is CN(C)C/C=C/C(=O)Nc1ccc2ncnc(Nc3ccc(F)c(Cl)c3F)c2c1-c1ccc2ccn(C)c2c1. The van der Waals surface area contributed by atoms with Gasteiger partial charge in [-0.1, -0.05) is 29.8 Å². The number of hydrogen-bond acceptors (Lipinski definition) is 5. The topological polar surface area (TPSA) is 75.1 Å². The number of aryl methyl sites for hydroxylation is 1. The van der Waals surface area contributed by atoms with Crippen LogP contribution in [0.15, 0.2) is 73.2 Å². The van der Waals surface area contributed by atoms with Crippen LogP contribution in [0.5, 0.6) is 0 Å². The second-order valence-corrected chi connectivity index (χ2v) is 9.68. The fraction of sp³-hybridized carbons (Fsp3) is 0.138. The molecule has 0 saturated heterocycles. The minimum atomic E-state index is -0.939. The van der Waals surface area contributed by atoms with E-state index in [-0.39, 0.29) is 17.4 Å². The highest BCUT2D eigenvalue weighted by Gasteiger charge is 2.19. The molecule has 0 aliphatic rings. The zero-order valence-electron chi connectivity index (χ0n) is 21.5. The largest absolute Gasteiger partial charge is 0.351 e. The van der Waals surface area contributed by atoms with E-state index >= 15 is 0 Å². The number of halogens is 3. The first-order chi connectivity index (χ1) is 18.7. The highest BCUT2D eigenvalue weighted by molar-refractivity contribution is 6.31. The number of benzene rings is 3. The van der Waals surface area contributed by atoms with Crippen LogP contribution in [-0.4, -0.2) is 46.0 Å². The Hall–Kier alpha value is -4.34. The van der Waals surface area contributed by atoms with Crippen LogP contribution >= 0.6 is 11.6 Å². The molecule has 39 heavy (non-hydrogen) atoms. The molecule has 10 heteroatoms. The van der Waals surface area contributed by atoms with Gasteiger partial charge in [0.15, 0.2) is 5.82 Å². The highest BCUT2D eigenvalue weighted by Crippen LogP contribution is 2.40. The number of nitrogens with one attached hydrogen (secondary N) is 2. The molecule has 0 bridgehead atoms. The Bertz CT molecular complexity index is 1750. The van der Waals surface area contributed by atoms with E-state index < -0.39 is 16.7 Å². The number of likely N-dealkylation sites (N-methyl/N-ethyl adjacent to an activating group) is 1. The molecule has 5 rings (SSSR count). The summed E-state index contributed by atoms with van der Waals surface area (Å²) in [5.74, 6) is -1.84. The maximum Gasteiger partial charge on any atom is 0.248 e. The van der Waals surface area contributed by atoms with E-state index in [4.69, 9.17) is 11.6 Å². The van der Waals surface area contributed by atoms with E-state index in [9.17, 15) is 13.6 Å². The summed E-state index contributed by atoms with van der Waals surface area (Å²) in [6.45, 7) is 0.607. The van der Waals surface area contributed by atoms with Crippen molar-refractivity contribution >= 4 is 56.5 Å². The standard InChI is InChI=1S/C29H25ClF2N6O/c1-37(2)13-4-5-24(39)35-21-11-10-20-26(25(21)18-7-6-17-12-14-38(3)23(17)15-18)29(34-16-33-20)36-22-9-8-19(31)27(30)28(22)32/h4-12,14-16H,13H2,1-3H3,(H,35,39)(H,33,34,36)/b5-4+. The Balaban J connectivity index is 1.70. The lowest BCUT2D eigenvalue weighted by Crippen LogP contribution is -2.13. The van der Waals surface area contributed by atoms with Crippen LogP contribution < -0.4 is 10.6 Å². The number of carbonyl (C=O) groups is 1. The van der Waals surface area contributed by atoms with Gasteiger partial charge in [-0.2, -0.15) is 0 Å². The summed E-state index contributed by atoms with van der Waals surface area (Å²) in [5.41, 5.74) is 3.44. The summed E-state index contributed by atoms with van der Waals surface area (Å²) in [6, 6.07) is 13.8. The summed E-state index contributed by atoms with van der Waals surface area (Å²) in [6.07, 6.45) is 6.56. The molecule has 0 aliphatic heterocycles. The Morgan fingerprint density at radius 3 is 2.67 bits per heavy atom. The van der Waals surface area contributed by atoms with E-state index in [1.807, 2.05) is 61.1 Å². The van der Waals surface area contributed by atoms with Crippen molar-refractivity contribution in [2.75, 3.05) is 31.3 Å². The van der Waals surface area contributed by atoms with Crippen molar-refractivity contribution in [1.29, 1.82) is 0 Å². The molecule has 7 nitrogen and oxygen atoms in total. The molecule has 0 radical (unpaired) electrons. The fourth-order valence-corrected chi connectivity index (χ4v) is 4.53. The van der Waals surface area contributed by atoms with Gasteiger partial charge in [-0.3, -0.25) is 4.79 Å². The third-order valence-corrected chi connectivity index (χ3v) is 6.61. The number of rotatable bonds is 7. The molecular weight excluding hydrogens is 522 g/mol. The molecule has 0 atom stereocenters. The zero-order valence-corrected chi connectivity index (χ0v) is 22.2. The van der Waals surface area contributed by atoms with Crippen molar-refractivity contribution in [3.63, 3.8) is 0 Å². The summed E-state index contributed by atoms with van der Waals surface area (Å²) >= 11 is 5.82. The molecule has 2 aromatic heterocycles. The lowest BCUT2D eigenvalue weighted by atomic mass is 9.97. The number of aromatic nitrogens is 3. The third kappa shape index (κ3) is 5.32. The van der Waals surface area contributed by atoms with Crippen molar-refractivity contribution in [1.82, 2.24) is 19.4 Å². The highest BCUT2D eigenvalue weighted by atomic mass is 35.5. The van der Waals surface area contributed by atoms with Gasteiger partial charge in [0.1, 0.15) is 23.0 Å². The Labute approximate surface area is 228 Å². The van der Waals surface area contributed by atoms with Gasteiger partial charge in [0.05, 0.1) is 16.6 Å². The van der Waals surface area contributed by atoms with Crippen molar-refractivity contribution in [3.05, 3.63) is 89.9 Å². The van der Waals surface area contributed by atoms with Crippen molar-refractivity contribution < 1.29 is 13.6 Å². The first kappa shape index (κ1) is 26.3. The van der Waals surface area contributed by atoms with Gasteiger partial charge in [0, 0.05) is 42.6 Å². The summed E-state index contributed by atoms with van der Waals surface area (Å²) in [5, 5.41) is 6.90. The van der Waals surface area contributed by atoms with Crippen molar-refractivity contribution in [2.24, 2.45) is 7.05 Å². The van der Waals surface area contributed by atoms with Gasteiger partial charge in [-0.05, 0) is 61.4 Å². The quantitative estimate of drug-likeness (QED) is 0.179. The van der Waals surface area contributed by atoms with E-state index in [1.54, 1.807) is 18.2 Å². The monoisotopic (exact) mass is 546 g/mol. The van der Waals surface area contributed by atoms with Gasteiger partial charge < -0.3 is 20.1 Å². The number of amides is 1. The summed E-state index contributed by atoms with van der Waals surface area (Å²) in [7, 11) is 5.77. The van der Waals surface area contributed by atoms with Crippen molar-refractivity contribution in [3.8, 4) is 11.1 Å². The Morgan fingerprint density at radius 1 is 1.08 bits per heavy atom. The smallest absolute Gasteiger partial charge is 0.248 e. The number of fused-ring (bicyclic) bond motifs is 2. The van der Waals surface area contributed by atoms with Crippen LogP contribution in [0.3, 0.4) is 0 Å². The molecule has 3 aromatic carbocycles. The molecular formula is C29H25ClF2N6O. The molecule has 0 fully saturated rings. The lowest BCUT2D eigenvalue weighted by molar-refractivity contribution is -0.111. The van der Waals surface area contributed by atoms with Gasteiger partial charge in [-0.15, -0.1) is 0 Å². The van der Waals surface area contributed by atoms with E-state index in [1.165, 1.54) is 18.5 Å². The summed E-state index contributed by atoms with van der Waals surface area (Å²) in [4.78, 5) is 23.6. The molecule has 198 valence electrons. The van der Waals surface area contributed by atoms with Gasteiger partial charge in [-0.25, -0.2) is 18.7 Å². The minimum Gasteiger partial charge on any atom is -0.351 e. The zero-order chi connectivity index (χ0) is 27.7. The predicted molar refractivity (Wildman–Crippen MR) is 152 cm³/mol. The predicted octanol–water partition coefficient (Wildman–Crippen LogP) is 6.52. The van der Waals surface area contributed by atoms with E-state index in [0.717, 1.165) is 22.5 Å². The van der Waals surface area contributed by atoms with E-state index in [2.05, 4.69) is 20.6 Å². The molecule has 2 N–H and O–H groups in total. The van der Waals surface area contributed by atoms with Crippen LogP contribution in [0, 0.1) is 11.6 Å². The van der Waals surface area contributed by atoms with Gasteiger partial charge in [0.2, 0.25) is 5.91 Å². The Kier molecular flexibility index (Phi) is 7.28. The number of hydrogen-bond donors (Lipinski definition) is 2. The molecule has 1 amide bonds. The molecule has 0 spiro atoms. The lowest BCUT2D eigenvalue weighted by Gasteiger charge is -2.17. The van der Waals surface area contributed by atoms with Crippen LogP contribution in [0.1, 0.15) is 0 Å². The number of nitrogens with zero attached hydrogens (tertiary/aromatic N) is 4. The van der Waals surface area contributed by atoms with E-state index in [0.29, 0.717) is 28.7 Å². The first-order valence-electron chi connectivity index (χ1n) is 12.1. The molecule has 0 saturated carbocycles. The van der Waals surface area contributed by atoms with Gasteiger partial charge in [0.25, 0.3) is 0 Å². The molecule has 0 aliphatic carbocycles. The van der Waals surface area contributed by atoms with Crippen LogP contribution in [-0.2, 0) is 11.8 Å². The van der Waals surface area contributed by atoms with Crippen LogP contribution in [0.25, 0.3) is 32.9 Å². The maximum atomic E-state index is 14.8. The van der Waals surface area contributed by atoms with Crippen LogP contribution in [0.2, 0.25) is 5.02 Å². The normalized spacial score (nSPS) is 11.7.